The second kappa shape index (κ2) is 6.98. The van der Waals surface area contributed by atoms with E-state index in [1.165, 1.54) is 0 Å². The zero-order chi connectivity index (χ0) is 17.2. The average molecular weight is 341 g/mol. The van der Waals surface area contributed by atoms with E-state index in [2.05, 4.69) is 15.2 Å². The molecule has 0 spiro atoms. The number of furan rings is 1. The molecular formula is C19H23N3O3. The van der Waals surface area contributed by atoms with Gasteiger partial charge in [0, 0.05) is 38.1 Å². The largest absolute Gasteiger partial charge is 0.465 e. The van der Waals surface area contributed by atoms with E-state index in [1.807, 2.05) is 31.2 Å². The molecule has 0 aromatic carbocycles. The number of hydrogen-bond acceptors (Lipinski definition) is 5. The van der Waals surface area contributed by atoms with Crippen molar-refractivity contribution in [3.05, 3.63) is 53.7 Å². The Hall–Kier alpha value is -2.18. The molecule has 4 rings (SSSR count). The van der Waals surface area contributed by atoms with Gasteiger partial charge in [0.25, 0.3) is 0 Å². The van der Waals surface area contributed by atoms with E-state index >= 15 is 0 Å². The molecule has 6 heteroatoms. The Kier molecular flexibility index (Phi) is 4.55. The van der Waals surface area contributed by atoms with Crippen LogP contribution in [0, 0.1) is 12.8 Å². The molecule has 2 aromatic rings. The third-order valence-electron chi connectivity index (χ3n) is 5.08. The number of aromatic nitrogens is 1. The molecule has 0 aliphatic carbocycles. The van der Waals surface area contributed by atoms with Crippen LogP contribution in [0.2, 0.25) is 0 Å². The fourth-order valence-corrected chi connectivity index (χ4v) is 3.87. The van der Waals surface area contributed by atoms with Crippen molar-refractivity contribution < 1.29 is 13.9 Å². The lowest BCUT2D eigenvalue weighted by molar-refractivity contribution is -0.127. The van der Waals surface area contributed by atoms with Gasteiger partial charge in [-0.05, 0) is 37.1 Å². The van der Waals surface area contributed by atoms with Crippen molar-refractivity contribution in [1.29, 1.82) is 0 Å². The van der Waals surface area contributed by atoms with Gasteiger partial charge in [0.2, 0.25) is 5.91 Å². The zero-order valence-corrected chi connectivity index (χ0v) is 14.4. The second-order valence-electron chi connectivity index (χ2n) is 6.82. The zero-order valence-electron chi connectivity index (χ0n) is 14.4. The summed E-state index contributed by atoms with van der Waals surface area (Å²) in [5.41, 5.74) is 1.00. The molecule has 1 N–H and O–H groups in total. The van der Waals surface area contributed by atoms with Gasteiger partial charge in [-0.25, -0.2) is 0 Å². The van der Waals surface area contributed by atoms with Crippen LogP contribution < -0.4 is 5.32 Å². The molecule has 6 nitrogen and oxygen atoms in total. The van der Waals surface area contributed by atoms with Crippen LogP contribution in [0.5, 0.6) is 0 Å². The van der Waals surface area contributed by atoms with Gasteiger partial charge in [0.05, 0.1) is 18.6 Å². The van der Waals surface area contributed by atoms with E-state index in [4.69, 9.17) is 9.15 Å². The summed E-state index contributed by atoms with van der Waals surface area (Å²) in [6.07, 6.45) is 4.45. The molecular weight excluding hydrogens is 318 g/mol. The first kappa shape index (κ1) is 16.3. The Morgan fingerprint density at radius 2 is 2.32 bits per heavy atom. The number of carbonyl (C=O) groups excluding carboxylic acids is 1. The summed E-state index contributed by atoms with van der Waals surface area (Å²) in [7, 11) is 0. The summed E-state index contributed by atoms with van der Waals surface area (Å²) < 4.78 is 11.6. The summed E-state index contributed by atoms with van der Waals surface area (Å²) >= 11 is 0. The molecule has 2 aliphatic heterocycles. The third-order valence-corrected chi connectivity index (χ3v) is 5.08. The number of likely N-dealkylation sites (tertiary alicyclic amines) is 1. The van der Waals surface area contributed by atoms with Crippen LogP contribution in [0.25, 0.3) is 0 Å². The topological polar surface area (TPSA) is 67.6 Å². The molecule has 132 valence electrons. The molecule has 2 aliphatic rings. The number of pyridine rings is 1. The third kappa shape index (κ3) is 3.45. The Morgan fingerprint density at radius 3 is 3.08 bits per heavy atom. The fourth-order valence-electron chi connectivity index (χ4n) is 3.87. The summed E-state index contributed by atoms with van der Waals surface area (Å²) in [4.78, 5) is 19.1. The van der Waals surface area contributed by atoms with Crippen molar-refractivity contribution in [2.45, 2.75) is 38.6 Å². The van der Waals surface area contributed by atoms with Gasteiger partial charge < -0.3 is 14.5 Å². The van der Waals surface area contributed by atoms with E-state index in [0.717, 1.165) is 36.7 Å². The van der Waals surface area contributed by atoms with Crippen molar-refractivity contribution in [2.75, 3.05) is 13.2 Å². The summed E-state index contributed by atoms with van der Waals surface area (Å²) in [6, 6.07) is 8.12. The van der Waals surface area contributed by atoms with E-state index < -0.39 is 0 Å². The molecule has 4 heterocycles. The first-order chi connectivity index (χ1) is 12.2. The van der Waals surface area contributed by atoms with Crippen LogP contribution in [-0.2, 0) is 22.6 Å². The molecule has 3 atom stereocenters. The standard InChI is InChI=1S/C19H23N3O3/c1-13-4-5-15(25-13)11-22-12-16(18-17(22)6-8-24-18)19(23)21-10-14-3-2-7-20-9-14/h2-5,7,9,16-18H,6,8,10-12H2,1H3,(H,21,23)/t16-,17+,18+/m0/s1. The Morgan fingerprint density at radius 1 is 1.40 bits per heavy atom. The molecule has 0 bridgehead atoms. The SMILES string of the molecule is Cc1ccc(CN2C[C@H](C(=O)NCc3cccnc3)[C@H]3OCC[C@H]32)o1. The maximum atomic E-state index is 12.7. The molecule has 25 heavy (non-hydrogen) atoms. The molecule has 0 unspecified atom stereocenters. The summed E-state index contributed by atoms with van der Waals surface area (Å²) in [5.74, 6) is 1.78. The molecule has 0 radical (unpaired) electrons. The molecule has 2 fully saturated rings. The molecule has 2 saturated heterocycles. The fraction of sp³-hybridized carbons (Fsp3) is 0.474. The smallest absolute Gasteiger partial charge is 0.227 e. The molecule has 1 amide bonds. The minimum atomic E-state index is -0.139. The number of nitrogens with one attached hydrogen (secondary N) is 1. The van der Waals surface area contributed by atoms with Crippen LogP contribution in [0.1, 0.15) is 23.5 Å². The number of rotatable bonds is 5. The number of amides is 1. The Balaban J connectivity index is 1.40. The van der Waals surface area contributed by atoms with E-state index in [-0.39, 0.29) is 17.9 Å². The second-order valence-corrected chi connectivity index (χ2v) is 6.82. The van der Waals surface area contributed by atoms with Gasteiger partial charge in [-0.1, -0.05) is 6.07 Å². The first-order valence-corrected chi connectivity index (χ1v) is 8.78. The Labute approximate surface area is 147 Å². The van der Waals surface area contributed by atoms with Gasteiger partial charge in [0.1, 0.15) is 11.5 Å². The quantitative estimate of drug-likeness (QED) is 0.899. The summed E-state index contributed by atoms with van der Waals surface area (Å²) in [5, 5.41) is 3.03. The van der Waals surface area contributed by atoms with Crippen molar-refractivity contribution in [2.24, 2.45) is 5.92 Å². The highest BCUT2D eigenvalue weighted by molar-refractivity contribution is 5.80. The van der Waals surface area contributed by atoms with Crippen LogP contribution in [0.3, 0.4) is 0 Å². The van der Waals surface area contributed by atoms with Crippen molar-refractivity contribution >= 4 is 5.91 Å². The number of nitrogens with zero attached hydrogens (tertiary/aromatic N) is 2. The van der Waals surface area contributed by atoms with E-state index in [9.17, 15) is 4.79 Å². The van der Waals surface area contributed by atoms with Gasteiger partial charge in [-0.3, -0.25) is 14.7 Å². The highest BCUT2D eigenvalue weighted by atomic mass is 16.5. The normalized spacial score (nSPS) is 25.9. The number of fused-ring (bicyclic) bond motifs is 1. The predicted molar refractivity (Wildman–Crippen MR) is 91.6 cm³/mol. The van der Waals surface area contributed by atoms with Crippen LogP contribution in [0.4, 0.5) is 0 Å². The molecule has 0 saturated carbocycles. The Bertz CT molecular complexity index is 731. The van der Waals surface area contributed by atoms with Gasteiger partial charge in [0.15, 0.2) is 0 Å². The predicted octanol–water partition coefficient (Wildman–Crippen LogP) is 1.89. The lowest BCUT2D eigenvalue weighted by Gasteiger charge is -2.20. The van der Waals surface area contributed by atoms with Crippen molar-refractivity contribution in [1.82, 2.24) is 15.2 Å². The first-order valence-electron chi connectivity index (χ1n) is 8.78. The van der Waals surface area contributed by atoms with Crippen molar-refractivity contribution in [3.8, 4) is 0 Å². The number of hydrogen-bond donors (Lipinski definition) is 1. The summed E-state index contributed by atoms with van der Waals surface area (Å²) in [6.45, 7) is 4.59. The van der Waals surface area contributed by atoms with Crippen LogP contribution >= 0.6 is 0 Å². The lowest BCUT2D eigenvalue weighted by Crippen LogP contribution is -2.37. The van der Waals surface area contributed by atoms with Gasteiger partial charge in [-0.2, -0.15) is 0 Å². The minimum absolute atomic E-state index is 0.0232. The van der Waals surface area contributed by atoms with Gasteiger partial charge in [-0.15, -0.1) is 0 Å². The highest BCUT2D eigenvalue weighted by Gasteiger charge is 2.48. The van der Waals surface area contributed by atoms with E-state index in [1.54, 1.807) is 12.4 Å². The van der Waals surface area contributed by atoms with Crippen LogP contribution in [0.15, 0.2) is 41.1 Å². The maximum absolute atomic E-state index is 12.7. The number of ether oxygens (including phenoxy) is 1. The van der Waals surface area contributed by atoms with Crippen LogP contribution in [-0.4, -0.2) is 41.1 Å². The minimum Gasteiger partial charge on any atom is -0.465 e. The average Bonchev–Trinajstić information content (AvgIpc) is 3.32. The number of carbonyl (C=O) groups is 1. The van der Waals surface area contributed by atoms with Crippen molar-refractivity contribution in [3.63, 3.8) is 0 Å². The monoisotopic (exact) mass is 341 g/mol. The number of aryl methyl sites for hydroxylation is 1. The van der Waals surface area contributed by atoms with Gasteiger partial charge >= 0.3 is 0 Å². The molecule has 2 aromatic heterocycles. The lowest BCUT2D eigenvalue weighted by atomic mass is 10.0. The maximum Gasteiger partial charge on any atom is 0.227 e. The highest BCUT2D eigenvalue weighted by Crippen LogP contribution is 2.34. The van der Waals surface area contributed by atoms with E-state index in [0.29, 0.717) is 19.1 Å².